The fraction of sp³-hybridized carbons (Fsp3) is 0.333. The third kappa shape index (κ3) is 4.96. The van der Waals surface area contributed by atoms with Crippen LogP contribution in [0.15, 0.2) is 34.7 Å². The Morgan fingerprint density at radius 3 is 2.74 bits per heavy atom. The number of carbonyl (C=O) groups is 2. The van der Waals surface area contributed by atoms with Crippen LogP contribution in [-0.2, 0) is 24.2 Å². The van der Waals surface area contributed by atoms with Crippen LogP contribution in [0.2, 0.25) is 0 Å². The summed E-state index contributed by atoms with van der Waals surface area (Å²) in [5.41, 5.74) is 1.91. The third-order valence-corrected chi connectivity index (χ3v) is 6.72. The van der Waals surface area contributed by atoms with E-state index in [1.807, 2.05) is 0 Å². The van der Waals surface area contributed by atoms with Crippen molar-refractivity contribution < 1.29 is 28.4 Å². The lowest BCUT2D eigenvalue weighted by Crippen LogP contribution is -2.15. The zero-order valence-electron chi connectivity index (χ0n) is 18.8. The lowest BCUT2D eigenvalue weighted by atomic mass is 9.95. The average molecular weight is 485 g/mol. The molecule has 0 saturated heterocycles. The molecule has 1 aliphatic carbocycles. The highest BCUT2D eigenvalue weighted by Gasteiger charge is 2.28. The zero-order valence-corrected chi connectivity index (χ0v) is 19.7. The summed E-state index contributed by atoms with van der Waals surface area (Å²) >= 11 is 1.41. The molecule has 1 N–H and O–H groups in total. The van der Waals surface area contributed by atoms with Crippen molar-refractivity contribution in [2.24, 2.45) is 0 Å². The summed E-state index contributed by atoms with van der Waals surface area (Å²) in [5.74, 6) is 0.0522. The summed E-state index contributed by atoms with van der Waals surface area (Å²) < 4.78 is 16.5. The number of fused-ring (bicyclic) bond motifs is 1. The van der Waals surface area contributed by atoms with Crippen LogP contribution in [-0.4, -0.2) is 23.4 Å². The number of hydrogen-bond donors (Lipinski definition) is 1. The Hall–Kier alpha value is -3.66. The van der Waals surface area contributed by atoms with Crippen molar-refractivity contribution in [3.63, 3.8) is 0 Å². The Bertz CT molecular complexity index is 1240. The molecule has 178 valence electrons. The van der Waals surface area contributed by atoms with E-state index in [1.54, 1.807) is 26.0 Å². The van der Waals surface area contributed by atoms with E-state index >= 15 is 0 Å². The van der Waals surface area contributed by atoms with Crippen LogP contribution in [0.25, 0.3) is 0 Å². The number of nitrogens with one attached hydrogen (secondary N) is 1. The van der Waals surface area contributed by atoms with Crippen LogP contribution >= 0.6 is 11.3 Å². The van der Waals surface area contributed by atoms with E-state index in [0.29, 0.717) is 27.6 Å². The van der Waals surface area contributed by atoms with Gasteiger partial charge in [-0.3, -0.25) is 14.9 Å². The molecule has 0 saturated carbocycles. The first kappa shape index (κ1) is 23.5. The van der Waals surface area contributed by atoms with Gasteiger partial charge in [0.05, 0.1) is 17.1 Å². The highest BCUT2D eigenvalue weighted by Crippen LogP contribution is 2.39. The fourth-order valence-corrected chi connectivity index (χ4v) is 5.16. The van der Waals surface area contributed by atoms with Crippen LogP contribution in [0, 0.1) is 17.0 Å². The van der Waals surface area contributed by atoms with Gasteiger partial charge in [0.25, 0.3) is 11.6 Å². The SMILES string of the molecule is CCOC(=O)c1c(NC(=O)c2ccc(COc3ccc([N+](=O)[O-])c(C)c3)o2)sc2c1CCCC2. The lowest BCUT2D eigenvalue weighted by molar-refractivity contribution is -0.385. The Morgan fingerprint density at radius 2 is 2.00 bits per heavy atom. The number of esters is 1. The molecule has 0 fully saturated rings. The largest absolute Gasteiger partial charge is 0.486 e. The second kappa shape index (κ2) is 10.1. The molecule has 1 aromatic carbocycles. The van der Waals surface area contributed by atoms with E-state index in [1.165, 1.54) is 29.5 Å². The van der Waals surface area contributed by atoms with Gasteiger partial charge in [-0.05, 0) is 69.4 Å². The van der Waals surface area contributed by atoms with Gasteiger partial charge in [-0.1, -0.05) is 0 Å². The molecule has 34 heavy (non-hydrogen) atoms. The predicted octanol–water partition coefficient (Wildman–Crippen LogP) is 5.44. The number of aryl methyl sites for hydroxylation is 2. The topological polar surface area (TPSA) is 121 Å². The third-order valence-electron chi connectivity index (χ3n) is 5.51. The first-order valence-electron chi connectivity index (χ1n) is 11.0. The maximum absolute atomic E-state index is 12.8. The highest BCUT2D eigenvalue weighted by atomic mass is 32.1. The zero-order chi connectivity index (χ0) is 24.2. The normalized spacial score (nSPS) is 12.6. The number of nitro benzene ring substituents is 1. The number of ether oxygens (including phenoxy) is 2. The number of furan rings is 1. The van der Waals surface area contributed by atoms with Gasteiger partial charge in [0.2, 0.25) is 0 Å². The molecule has 1 amide bonds. The van der Waals surface area contributed by atoms with E-state index in [9.17, 15) is 19.7 Å². The molecule has 0 aliphatic heterocycles. The van der Waals surface area contributed by atoms with Crippen LogP contribution in [0.3, 0.4) is 0 Å². The van der Waals surface area contributed by atoms with E-state index in [-0.39, 0.29) is 24.7 Å². The van der Waals surface area contributed by atoms with Crippen molar-refractivity contribution in [3.05, 3.63) is 73.5 Å². The van der Waals surface area contributed by atoms with Gasteiger partial charge < -0.3 is 19.2 Å². The standard InChI is InChI=1S/C24H24N2O7S/c1-3-31-24(28)21-17-6-4-5-7-20(17)34-23(21)25-22(27)19-11-9-16(33-19)13-32-15-8-10-18(26(29)30)14(2)12-15/h8-12H,3-7,13H2,1-2H3,(H,25,27). The fourth-order valence-electron chi connectivity index (χ4n) is 3.89. The smallest absolute Gasteiger partial charge is 0.341 e. The first-order chi connectivity index (χ1) is 16.4. The van der Waals surface area contributed by atoms with E-state index in [0.717, 1.165) is 36.1 Å². The molecule has 2 heterocycles. The molecule has 10 heteroatoms. The number of hydrogen-bond acceptors (Lipinski definition) is 8. The lowest BCUT2D eigenvalue weighted by Gasteiger charge is -2.12. The van der Waals surface area contributed by atoms with Crippen molar-refractivity contribution in [2.45, 2.75) is 46.1 Å². The van der Waals surface area contributed by atoms with E-state index < -0.39 is 16.8 Å². The number of anilines is 1. The molecule has 0 atom stereocenters. The first-order valence-corrected chi connectivity index (χ1v) is 11.8. The number of carbonyl (C=O) groups excluding carboxylic acids is 2. The summed E-state index contributed by atoms with van der Waals surface area (Å²) in [5, 5.41) is 14.2. The quantitative estimate of drug-likeness (QED) is 0.256. The molecule has 1 aliphatic rings. The maximum atomic E-state index is 12.8. The molecule has 9 nitrogen and oxygen atoms in total. The van der Waals surface area contributed by atoms with Crippen molar-refractivity contribution in [1.29, 1.82) is 0 Å². The Balaban J connectivity index is 1.45. The summed E-state index contributed by atoms with van der Waals surface area (Å²) in [6, 6.07) is 7.63. The molecule has 0 radical (unpaired) electrons. The molecule has 0 spiro atoms. The Labute approximate surface area is 199 Å². The summed E-state index contributed by atoms with van der Waals surface area (Å²) in [7, 11) is 0. The van der Waals surface area contributed by atoms with Gasteiger partial charge in [0.1, 0.15) is 23.1 Å². The molecule has 3 aromatic rings. The molecule has 2 aromatic heterocycles. The molecular weight excluding hydrogens is 460 g/mol. The minimum atomic E-state index is -0.471. The minimum absolute atomic E-state index is 0.0155. The number of nitro groups is 1. The molecular formula is C24H24N2O7S. The van der Waals surface area contributed by atoms with Gasteiger partial charge in [-0.25, -0.2) is 4.79 Å². The average Bonchev–Trinajstić information content (AvgIpc) is 3.42. The monoisotopic (exact) mass is 484 g/mol. The van der Waals surface area contributed by atoms with E-state index in [4.69, 9.17) is 13.9 Å². The highest BCUT2D eigenvalue weighted by molar-refractivity contribution is 7.17. The molecule has 4 rings (SSSR count). The Kier molecular flexibility index (Phi) is 6.97. The maximum Gasteiger partial charge on any atom is 0.341 e. The number of amides is 1. The Morgan fingerprint density at radius 1 is 1.21 bits per heavy atom. The van der Waals surface area contributed by atoms with Crippen LogP contribution in [0.5, 0.6) is 5.75 Å². The number of thiophene rings is 1. The summed E-state index contributed by atoms with van der Waals surface area (Å²) in [6.07, 6.45) is 3.73. The van der Waals surface area contributed by atoms with Gasteiger partial charge in [-0.2, -0.15) is 0 Å². The van der Waals surface area contributed by atoms with Gasteiger partial charge in [0, 0.05) is 16.5 Å². The summed E-state index contributed by atoms with van der Waals surface area (Å²) in [6.45, 7) is 3.69. The second-order valence-electron chi connectivity index (χ2n) is 7.85. The molecule has 0 unspecified atom stereocenters. The predicted molar refractivity (Wildman–Crippen MR) is 126 cm³/mol. The summed E-state index contributed by atoms with van der Waals surface area (Å²) in [4.78, 5) is 37.0. The van der Waals surface area contributed by atoms with Gasteiger partial charge >= 0.3 is 5.97 Å². The number of nitrogens with zero attached hydrogens (tertiary/aromatic N) is 1. The molecule has 0 bridgehead atoms. The van der Waals surface area contributed by atoms with E-state index in [2.05, 4.69) is 5.32 Å². The van der Waals surface area contributed by atoms with Crippen molar-refractivity contribution in [2.75, 3.05) is 11.9 Å². The second-order valence-corrected chi connectivity index (χ2v) is 8.95. The van der Waals surface area contributed by atoms with Crippen molar-refractivity contribution in [1.82, 2.24) is 0 Å². The van der Waals surface area contributed by atoms with Crippen LogP contribution in [0.1, 0.15) is 62.4 Å². The van der Waals surface area contributed by atoms with Crippen molar-refractivity contribution >= 4 is 33.9 Å². The minimum Gasteiger partial charge on any atom is -0.486 e. The number of benzene rings is 1. The van der Waals surface area contributed by atoms with Gasteiger partial charge in [0.15, 0.2) is 5.76 Å². The van der Waals surface area contributed by atoms with Crippen LogP contribution < -0.4 is 10.1 Å². The number of rotatable bonds is 8. The van der Waals surface area contributed by atoms with Crippen molar-refractivity contribution in [3.8, 4) is 5.75 Å². The van der Waals surface area contributed by atoms with Gasteiger partial charge in [-0.15, -0.1) is 11.3 Å². The van der Waals surface area contributed by atoms with Crippen LogP contribution in [0.4, 0.5) is 10.7 Å².